The number of rotatable bonds is 3. The van der Waals surface area contributed by atoms with Crippen molar-refractivity contribution in [1.29, 1.82) is 0 Å². The van der Waals surface area contributed by atoms with Gasteiger partial charge in [-0.15, -0.1) is 11.3 Å². The Morgan fingerprint density at radius 1 is 1.23 bits per heavy atom. The van der Waals surface area contributed by atoms with Crippen LogP contribution >= 0.6 is 11.3 Å². The van der Waals surface area contributed by atoms with Crippen molar-refractivity contribution in [2.45, 2.75) is 43.2 Å². The van der Waals surface area contributed by atoms with Gasteiger partial charge in [0, 0.05) is 22.5 Å². The van der Waals surface area contributed by atoms with Crippen molar-refractivity contribution in [1.82, 2.24) is 10.2 Å². The number of carbonyl (C=O) groups is 1. The Bertz CT molecular complexity index is 970. The van der Waals surface area contributed by atoms with Crippen molar-refractivity contribution in [3.63, 3.8) is 0 Å². The summed E-state index contributed by atoms with van der Waals surface area (Å²) in [6, 6.07) is 7.04. The highest BCUT2D eigenvalue weighted by Crippen LogP contribution is 2.39. The molecule has 1 amide bonds. The summed E-state index contributed by atoms with van der Waals surface area (Å²) >= 11 is 1.35. The molecule has 3 aliphatic rings. The van der Waals surface area contributed by atoms with Crippen LogP contribution in [0.25, 0.3) is 10.1 Å². The predicted octanol–water partition coefficient (Wildman–Crippen LogP) is 2.91. The zero-order chi connectivity index (χ0) is 18.7. The average Bonchev–Trinajstić information content (AvgIpc) is 3.01. The molecule has 5 nitrogen and oxygen atoms in total. The van der Waals surface area contributed by atoms with E-state index in [1.54, 1.807) is 18.2 Å². The van der Waals surface area contributed by atoms with Crippen LogP contribution in [0.2, 0.25) is 0 Å². The van der Waals surface area contributed by atoms with E-state index >= 15 is 0 Å². The number of nitrogens with zero attached hydrogens (tertiary/aromatic N) is 1. The van der Waals surface area contributed by atoms with Crippen molar-refractivity contribution in [3.05, 3.63) is 29.1 Å². The van der Waals surface area contributed by atoms with Gasteiger partial charge in [0.05, 0.1) is 9.77 Å². The second-order valence-electron chi connectivity index (χ2n) is 8.01. The molecule has 3 aliphatic heterocycles. The monoisotopic (exact) mass is 392 g/mol. The van der Waals surface area contributed by atoms with Gasteiger partial charge in [-0.25, -0.2) is 8.42 Å². The topological polar surface area (TPSA) is 66.5 Å². The molecule has 1 N–H and O–H groups in total. The van der Waals surface area contributed by atoms with Crippen LogP contribution in [0.4, 0.5) is 0 Å². The summed E-state index contributed by atoms with van der Waals surface area (Å²) in [5, 5.41) is 4.18. The number of hydrogen-bond donors (Lipinski definition) is 1. The Balaban J connectivity index is 1.60. The van der Waals surface area contributed by atoms with Crippen LogP contribution in [0, 0.1) is 5.92 Å². The smallest absolute Gasteiger partial charge is 0.261 e. The van der Waals surface area contributed by atoms with Crippen LogP contribution in [-0.2, 0) is 9.84 Å². The van der Waals surface area contributed by atoms with Gasteiger partial charge in [0.25, 0.3) is 5.91 Å². The van der Waals surface area contributed by atoms with E-state index in [0.717, 1.165) is 36.0 Å². The molecule has 1 aromatic heterocycles. The van der Waals surface area contributed by atoms with E-state index in [-0.39, 0.29) is 22.4 Å². The van der Waals surface area contributed by atoms with Crippen LogP contribution in [0.5, 0.6) is 0 Å². The van der Waals surface area contributed by atoms with Gasteiger partial charge in [-0.2, -0.15) is 0 Å². The number of benzene rings is 1. The van der Waals surface area contributed by atoms with E-state index in [1.807, 2.05) is 6.07 Å². The Kier molecular flexibility index (Phi) is 4.17. The number of thiophene rings is 1. The van der Waals surface area contributed by atoms with Gasteiger partial charge in [0.15, 0.2) is 9.84 Å². The first-order chi connectivity index (χ1) is 12.2. The van der Waals surface area contributed by atoms with E-state index in [4.69, 9.17) is 0 Å². The molecule has 2 aromatic rings. The lowest BCUT2D eigenvalue weighted by Crippen LogP contribution is -2.69. The molecule has 0 spiro atoms. The van der Waals surface area contributed by atoms with Gasteiger partial charge in [-0.05, 0) is 69.3 Å². The largest absolute Gasteiger partial charge is 0.346 e. The first kappa shape index (κ1) is 17.9. The zero-order valence-corrected chi connectivity index (χ0v) is 16.9. The minimum atomic E-state index is -3.25. The first-order valence-corrected chi connectivity index (χ1v) is 11.7. The van der Waals surface area contributed by atoms with Gasteiger partial charge >= 0.3 is 0 Å². The van der Waals surface area contributed by atoms with Crippen LogP contribution in [-0.4, -0.2) is 50.2 Å². The minimum absolute atomic E-state index is 0.0308. The van der Waals surface area contributed by atoms with Gasteiger partial charge in [0.2, 0.25) is 0 Å². The van der Waals surface area contributed by atoms with Crippen molar-refractivity contribution in [2.75, 3.05) is 19.3 Å². The Hall–Kier alpha value is -1.44. The maximum absolute atomic E-state index is 12.9. The van der Waals surface area contributed by atoms with Gasteiger partial charge in [-0.1, -0.05) is 6.07 Å². The third-order valence-electron chi connectivity index (χ3n) is 6.02. The summed E-state index contributed by atoms with van der Waals surface area (Å²) in [5.74, 6) is 0.476. The fourth-order valence-electron chi connectivity index (χ4n) is 4.44. The van der Waals surface area contributed by atoms with Gasteiger partial charge < -0.3 is 5.32 Å². The van der Waals surface area contributed by atoms with Crippen molar-refractivity contribution in [3.8, 4) is 0 Å². The number of piperidine rings is 3. The SMILES string of the molecule is CC1(C)[C@H](NC(=O)c2cc3ccc(S(C)(=O)=O)cc3s2)C2CCN1CC2. The van der Waals surface area contributed by atoms with Gasteiger partial charge in [0.1, 0.15) is 0 Å². The van der Waals surface area contributed by atoms with Crippen LogP contribution in [0.1, 0.15) is 36.4 Å². The summed E-state index contributed by atoms with van der Waals surface area (Å²) in [6.07, 6.45) is 3.47. The Morgan fingerprint density at radius 3 is 2.54 bits per heavy atom. The molecule has 0 aliphatic carbocycles. The predicted molar refractivity (Wildman–Crippen MR) is 105 cm³/mol. The molecule has 4 heterocycles. The summed E-state index contributed by atoms with van der Waals surface area (Å²) in [6.45, 7) is 6.65. The van der Waals surface area contributed by atoms with Crippen molar-refractivity contribution in [2.24, 2.45) is 5.92 Å². The van der Waals surface area contributed by atoms with E-state index in [2.05, 4.69) is 24.1 Å². The summed E-state index contributed by atoms with van der Waals surface area (Å²) in [4.78, 5) is 16.3. The van der Waals surface area contributed by atoms with Crippen molar-refractivity contribution >= 4 is 37.2 Å². The molecule has 7 heteroatoms. The average molecular weight is 393 g/mol. The lowest BCUT2D eigenvalue weighted by Gasteiger charge is -2.56. The molecule has 0 radical (unpaired) electrons. The zero-order valence-electron chi connectivity index (χ0n) is 15.3. The molecule has 1 aromatic carbocycles. The van der Waals surface area contributed by atoms with Crippen LogP contribution < -0.4 is 5.32 Å². The lowest BCUT2D eigenvalue weighted by atomic mass is 9.72. The summed E-state index contributed by atoms with van der Waals surface area (Å²) < 4.78 is 24.3. The normalized spacial score (nSPS) is 27.6. The fraction of sp³-hybridized carbons (Fsp3) is 0.526. The quantitative estimate of drug-likeness (QED) is 0.872. The number of hydrogen-bond acceptors (Lipinski definition) is 5. The summed E-state index contributed by atoms with van der Waals surface area (Å²) in [7, 11) is -3.25. The number of amides is 1. The summed E-state index contributed by atoms with van der Waals surface area (Å²) in [5.41, 5.74) is -0.0308. The highest BCUT2D eigenvalue weighted by molar-refractivity contribution is 7.90. The molecule has 140 valence electrons. The molecule has 3 saturated heterocycles. The van der Waals surface area contributed by atoms with Crippen LogP contribution in [0.3, 0.4) is 0 Å². The van der Waals surface area contributed by atoms with E-state index in [0.29, 0.717) is 10.8 Å². The van der Waals surface area contributed by atoms with Crippen LogP contribution in [0.15, 0.2) is 29.2 Å². The molecule has 1 atom stereocenters. The number of sulfone groups is 1. The molecule has 2 bridgehead atoms. The fourth-order valence-corrected chi connectivity index (χ4v) is 6.17. The van der Waals surface area contributed by atoms with E-state index in [9.17, 15) is 13.2 Å². The first-order valence-electron chi connectivity index (χ1n) is 8.96. The molecular weight excluding hydrogens is 368 g/mol. The molecule has 0 saturated carbocycles. The Labute approximate surface area is 158 Å². The molecule has 3 fully saturated rings. The highest BCUT2D eigenvalue weighted by atomic mass is 32.2. The second kappa shape index (κ2) is 6.04. The van der Waals surface area contributed by atoms with E-state index in [1.165, 1.54) is 17.6 Å². The standard InChI is InChI=1S/C19H24N2O3S2/c1-19(2)17(12-6-8-21(19)9-7-12)20-18(22)16-10-13-4-5-14(26(3,23)24)11-15(13)25-16/h4-5,10-12,17H,6-9H2,1-3H3,(H,20,22)/t17-/m1/s1. The number of nitrogens with one attached hydrogen (secondary N) is 1. The highest BCUT2D eigenvalue weighted by Gasteiger charge is 2.48. The lowest BCUT2D eigenvalue weighted by molar-refractivity contribution is -0.0377. The molecule has 26 heavy (non-hydrogen) atoms. The maximum atomic E-state index is 12.9. The third-order valence-corrected chi connectivity index (χ3v) is 8.22. The number of carbonyl (C=O) groups excluding carboxylic acids is 1. The molecular formula is C19H24N2O3S2. The molecule has 0 unspecified atom stereocenters. The maximum Gasteiger partial charge on any atom is 0.261 e. The third kappa shape index (κ3) is 2.96. The Morgan fingerprint density at radius 2 is 1.92 bits per heavy atom. The molecule has 5 rings (SSSR count). The van der Waals surface area contributed by atoms with Gasteiger partial charge in [-0.3, -0.25) is 9.69 Å². The number of fused-ring (bicyclic) bond motifs is 4. The minimum Gasteiger partial charge on any atom is -0.346 e. The van der Waals surface area contributed by atoms with E-state index < -0.39 is 9.84 Å². The second-order valence-corrected chi connectivity index (χ2v) is 11.1. The van der Waals surface area contributed by atoms with Crippen molar-refractivity contribution < 1.29 is 13.2 Å².